The fourth-order valence-corrected chi connectivity index (χ4v) is 10.6. The van der Waals surface area contributed by atoms with Crippen LogP contribution in [0.4, 0.5) is 34.1 Å². The molecule has 78 heavy (non-hydrogen) atoms. The van der Waals surface area contributed by atoms with Gasteiger partial charge in [0.05, 0.1) is 28.4 Å². The quantitative estimate of drug-likeness (QED) is 0.133. The van der Waals surface area contributed by atoms with E-state index in [1.54, 1.807) is 0 Å². The molecule has 0 radical (unpaired) electrons. The molecule has 1 N–H and O–H groups in total. The topological polar surface area (TPSA) is 40.1 Å². The van der Waals surface area contributed by atoms with Crippen molar-refractivity contribution in [3.05, 3.63) is 316 Å². The summed E-state index contributed by atoms with van der Waals surface area (Å²) in [5.41, 5.74) is 22.4. The number of hydrogen-bond donors (Lipinski definition) is 1. The molecule has 0 aliphatic carbocycles. The Morgan fingerprint density at radius 3 is 0.910 bits per heavy atom. The summed E-state index contributed by atoms with van der Waals surface area (Å²) in [7, 11) is 0. The van der Waals surface area contributed by atoms with Gasteiger partial charge in [0.1, 0.15) is 0 Å². The van der Waals surface area contributed by atoms with Crippen LogP contribution in [0.1, 0.15) is 0 Å². The first-order valence-corrected chi connectivity index (χ1v) is 26.4. The number of rotatable bonds is 12. The van der Waals surface area contributed by atoms with E-state index in [0.29, 0.717) is 0 Å². The van der Waals surface area contributed by atoms with Crippen LogP contribution >= 0.6 is 0 Å². The van der Waals surface area contributed by atoms with Crippen LogP contribution < -0.4 is 9.80 Å². The molecular formula is C73H53N5. The molecule has 0 atom stereocenters. The molecule has 13 rings (SSSR count). The summed E-state index contributed by atoms with van der Waals surface area (Å²) in [6.07, 6.45) is 1.83. The first kappa shape index (κ1) is 47.2. The second-order valence-electron chi connectivity index (χ2n) is 19.3. The summed E-state index contributed by atoms with van der Waals surface area (Å²) in [5, 5.41) is 0. The van der Waals surface area contributed by atoms with Crippen molar-refractivity contribution in [3.63, 3.8) is 0 Å². The van der Waals surface area contributed by atoms with Crippen molar-refractivity contribution in [2.45, 2.75) is 0 Å². The summed E-state index contributed by atoms with van der Waals surface area (Å²) in [5.74, 6) is 0. The zero-order chi connectivity index (χ0) is 52.0. The first-order valence-electron chi connectivity index (χ1n) is 26.4. The molecule has 0 aliphatic heterocycles. The van der Waals surface area contributed by atoms with E-state index in [2.05, 4.69) is 329 Å². The molecule has 0 spiro atoms. The SMILES string of the molecule is c1ccc(-c2ccc(N(c3ccc(-c4ccccc4)cc3)c3ccc4c(c3)[nH]cnc3ccc(N(c5ccc(-c6ccccc6)cc5)c5ccc(-c6ccccc6)cc5)cc3n4-c3ccc(-c4ccccc4)cc3)cc2)cc1. The largest absolute Gasteiger partial charge is 0.345 e. The molecule has 5 nitrogen and oxygen atoms in total. The Morgan fingerprint density at radius 2 is 0.551 bits per heavy atom. The lowest BCUT2D eigenvalue weighted by atomic mass is 10.0. The molecule has 12 aromatic carbocycles. The highest BCUT2D eigenvalue weighted by Gasteiger charge is 2.19. The van der Waals surface area contributed by atoms with Gasteiger partial charge in [0.25, 0.3) is 0 Å². The highest BCUT2D eigenvalue weighted by Crippen LogP contribution is 2.41. The molecule has 13 aromatic rings. The molecule has 0 aliphatic rings. The summed E-state index contributed by atoms with van der Waals surface area (Å²) >= 11 is 0. The Balaban J connectivity index is 0.995. The van der Waals surface area contributed by atoms with Crippen molar-refractivity contribution >= 4 is 56.2 Å². The second kappa shape index (κ2) is 21.4. The van der Waals surface area contributed by atoms with Gasteiger partial charge in [0.2, 0.25) is 0 Å². The van der Waals surface area contributed by atoms with Gasteiger partial charge in [-0.05, 0) is 153 Å². The summed E-state index contributed by atoms with van der Waals surface area (Å²) in [6, 6.07) is 110. The van der Waals surface area contributed by atoms with Gasteiger partial charge in [-0.15, -0.1) is 0 Å². The van der Waals surface area contributed by atoms with Crippen LogP contribution in [0.2, 0.25) is 0 Å². The van der Waals surface area contributed by atoms with Crippen molar-refractivity contribution in [2.24, 2.45) is 0 Å². The van der Waals surface area contributed by atoms with E-state index < -0.39 is 0 Å². The maximum atomic E-state index is 5.18. The van der Waals surface area contributed by atoms with Crippen LogP contribution in [0.25, 0.3) is 83.4 Å². The van der Waals surface area contributed by atoms with Crippen molar-refractivity contribution in [1.82, 2.24) is 14.5 Å². The van der Waals surface area contributed by atoms with Gasteiger partial charge in [0, 0.05) is 39.8 Å². The Labute approximate surface area is 455 Å². The van der Waals surface area contributed by atoms with Gasteiger partial charge in [-0.2, -0.15) is 0 Å². The molecule has 1 heterocycles. The standard InChI is InChI=1S/C73H53N5/c1-6-16-53(17-7-1)58-26-36-63(37-27-58)76(64-38-28-59(29-39-64)54-18-8-2-9-19-54)68-47-49-72-71(50-68)75-52-74-70-48-46-69(51-73(70)78(72)67-44-34-62(35-45-67)57-24-14-5-15-25-57)77(65-40-30-60(31-41-65)55-20-10-3-11-21-55)66-42-32-61(33-43-66)56-22-12-4-13-23-56/h1-52H,(H,74,75). The number of fused-ring (bicyclic) bond motifs is 2. The summed E-state index contributed by atoms with van der Waals surface area (Å²) in [6.45, 7) is 0. The van der Waals surface area contributed by atoms with E-state index in [9.17, 15) is 0 Å². The predicted molar refractivity (Wildman–Crippen MR) is 327 cm³/mol. The zero-order valence-electron chi connectivity index (χ0n) is 42.8. The Kier molecular flexibility index (Phi) is 13.0. The Bertz CT molecular complexity index is 4010. The van der Waals surface area contributed by atoms with Crippen LogP contribution in [0.3, 0.4) is 0 Å². The molecule has 1 aromatic heterocycles. The van der Waals surface area contributed by atoms with Crippen LogP contribution in [-0.2, 0) is 0 Å². The second-order valence-corrected chi connectivity index (χ2v) is 19.3. The van der Waals surface area contributed by atoms with Crippen molar-refractivity contribution in [3.8, 4) is 61.3 Å². The van der Waals surface area contributed by atoms with Crippen LogP contribution in [0, 0.1) is 0 Å². The highest BCUT2D eigenvalue weighted by molar-refractivity contribution is 5.93. The maximum Gasteiger partial charge on any atom is 0.0931 e. The normalized spacial score (nSPS) is 11.1. The minimum absolute atomic E-state index is 0.825. The Hall–Kier alpha value is -10.5. The number of H-pyrrole nitrogens is 1. The van der Waals surface area contributed by atoms with Crippen molar-refractivity contribution in [2.75, 3.05) is 9.80 Å². The monoisotopic (exact) mass is 999 g/mol. The molecule has 0 bridgehead atoms. The number of aromatic nitrogens is 3. The van der Waals surface area contributed by atoms with E-state index >= 15 is 0 Å². The fraction of sp³-hybridized carbons (Fsp3) is 0. The molecule has 0 saturated carbocycles. The minimum Gasteiger partial charge on any atom is -0.345 e. The number of anilines is 6. The van der Waals surface area contributed by atoms with E-state index in [4.69, 9.17) is 4.98 Å². The molecule has 0 saturated heterocycles. The molecule has 0 fully saturated rings. The molecule has 370 valence electrons. The third-order valence-electron chi connectivity index (χ3n) is 14.5. The minimum atomic E-state index is 0.825. The number of aromatic amines is 1. The van der Waals surface area contributed by atoms with Gasteiger partial charge in [-0.25, -0.2) is 4.98 Å². The predicted octanol–water partition coefficient (Wildman–Crippen LogP) is 19.9. The van der Waals surface area contributed by atoms with Crippen LogP contribution in [-0.4, -0.2) is 14.5 Å². The van der Waals surface area contributed by atoms with Gasteiger partial charge >= 0.3 is 0 Å². The van der Waals surface area contributed by atoms with Gasteiger partial charge in [-0.1, -0.05) is 212 Å². The number of nitrogens with zero attached hydrogens (tertiary/aromatic N) is 4. The fourth-order valence-electron chi connectivity index (χ4n) is 10.6. The van der Waals surface area contributed by atoms with Crippen LogP contribution in [0.5, 0.6) is 0 Å². The summed E-state index contributed by atoms with van der Waals surface area (Å²) in [4.78, 5) is 13.5. The van der Waals surface area contributed by atoms with E-state index in [1.807, 2.05) is 6.33 Å². The van der Waals surface area contributed by atoms with E-state index in [0.717, 1.165) is 95.3 Å². The molecular weight excluding hydrogens is 947 g/mol. The summed E-state index contributed by atoms with van der Waals surface area (Å²) < 4.78 is 2.35. The van der Waals surface area contributed by atoms with Crippen molar-refractivity contribution in [1.29, 1.82) is 0 Å². The number of nitrogens with one attached hydrogen (secondary N) is 1. The average molecular weight is 1000 g/mol. The molecule has 0 amide bonds. The van der Waals surface area contributed by atoms with Gasteiger partial charge < -0.3 is 19.4 Å². The molecule has 5 heteroatoms. The average Bonchev–Trinajstić information content (AvgIpc) is 3.68. The first-order chi connectivity index (χ1) is 38.7. The van der Waals surface area contributed by atoms with E-state index in [1.165, 1.54) is 22.3 Å². The maximum absolute atomic E-state index is 5.18. The van der Waals surface area contributed by atoms with Crippen molar-refractivity contribution < 1.29 is 0 Å². The van der Waals surface area contributed by atoms with E-state index in [-0.39, 0.29) is 0 Å². The number of hydrogen-bond acceptors (Lipinski definition) is 3. The smallest absolute Gasteiger partial charge is 0.0931 e. The van der Waals surface area contributed by atoms with Crippen LogP contribution in [0.15, 0.2) is 316 Å². The number of benzene rings is 12. The Morgan fingerprint density at radius 1 is 0.256 bits per heavy atom. The van der Waals surface area contributed by atoms with Gasteiger partial charge in [-0.3, -0.25) is 0 Å². The lowest BCUT2D eigenvalue weighted by Gasteiger charge is -2.27. The molecule has 0 unspecified atom stereocenters. The lowest BCUT2D eigenvalue weighted by molar-refractivity contribution is 1.13. The van der Waals surface area contributed by atoms with Gasteiger partial charge in [0.15, 0.2) is 0 Å². The zero-order valence-corrected chi connectivity index (χ0v) is 42.8. The lowest BCUT2D eigenvalue weighted by Crippen LogP contribution is -2.11. The highest BCUT2D eigenvalue weighted by atomic mass is 15.2. The third-order valence-corrected chi connectivity index (χ3v) is 14.5. The third kappa shape index (κ3) is 9.72.